The molecule has 5 heteroatoms. The predicted octanol–water partition coefficient (Wildman–Crippen LogP) is 2.61. The van der Waals surface area contributed by atoms with Crippen molar-refractivity contribution in [2.75, 3.05) is 32.7 Å². The molecular formula is C15H25N3OS. The lowest BCUT2D eigenvalue weighted by molar-refractivity contribution is 0.102. The average molecular weight is 295 g/mol. The molecule has 0 saturated carbocycles. The molecule has 0 aromatic carbocycles. The number of aromatic nitrogens is 1. The lowest BCUT2D eigenvalue weighted by Gasteiger charge is -2.33. The van der Waals surface area contributed by atoms with Crippen LogP contribution in [0.1, 0.15) is 54.0 Å². The van der Waals surface area contributed by atoms with E-state index >= 15 is 0 Å². The van der Waals surface area contributed by atoms with Crippen LogP contribution in [0.5, 0.6) is 0 Å². The van der Waals surface area contributed by atoms with Crippen molar-refractivity contribution in [2.24, 2.45) is 0 Å². The highest BCUT2D eigenvalue weighted by Gasteiger charge is 2.21. The Bertz CT molecular complexity index is 462. The van der Waals surface area contributed by atoms with Crippen LogP contribution in [0.2, 0.25) is 0 Å². The summed E-state index contributed by atoms with van der Waals surface area (Å²) >= 11 is 1.58. The Balaban J connectivity index is 2.03. The summed E-state index contributed by atoms with van der Waals surface area (Å²) in [6.45, 7) is 14.5. The number of hydrogen-bond acceptors (Lipinski definition) is 5. The van der Waals surface area contributed by atoms with Crippen LogP contribution in [0.25, 0.3) is 0 Å². The molecule has 0 amide bonds. The van der Waals surface area contributed by atoms with Crippen molar-refractivity contribution in [1.29, 1.82) is 0 Å². The molecule has 112 valence electrons. The summed E-state index contributed by atoms with van der Waals surface area (Å²) in [7, 11) is 0. The number of thiazole rings is 1. The van der Waals surface area contributed by atoms with Crippen molar-refractivity contribution >= 4 is 17.1 Å². The van der Waals surface area contributed by atoms with E-state index in [1.165, 1.54) is 0 Å². The number of nitrogens with zero attached hydrogens (tertiary/aromatic N) is 3. The van der Waals surface area contributed by atoms with Gasteiger partial charge in [-0.25, -0.2) is 4.98 Å². The summed E-state index contributed by atoms with van der Waals surface area (Å²) in [5, 5.41) is 1.09. The maximum atomic E-state index is 11.7. The first-order chi connectivity index (χ1) is 9.51. The first-order valence-corrected chi connectivity index (χ1v) is 8.28. The molecule has 0 unspecified atom stereocenters. The minimum atomic E-state index is 0.147. The van der Waals surface area contributed by atoms with E-state index in [0.29, 0.717) is 5.92 Å². The lowest BCUT2D eigenvalue weighted by atomic mass is 10.1. The van der Waals surface area contributed by atoms with E-state index in [-0.39, 0.29) is 5.78 Å². The fourth-order valence-corrected chi connectivity index (χ4v) is 3.70. The average Bonchev–Trinajstić information content (AvgIpc) is 2.84. The first kappa shape index (κ1) is 15.6. The van der Waals surface area contributed by atoms with E-state index in [1.54, 1.807) is 18.3 Å². The number of rotatable bonds is 5. The number of carbonyl (C=O) groups excluding carboxylic acids is 1. The second kappa shape index (κ2) is 6.78. The topological polar surface area (TPSA) is 36.4 Å². The SMILES string of the molecule is CCN1CCN(Cc2nc(C(C)C)c(C(C)=O)s2)CC1. The molecule has 1 aliphatic rings. The van der Waals surface area contributed by atoms with Crippen LogP contribution >= 0.6 is 11.3 Å². The molecule has 1 aliphatic heterocycles. The van der Waals surface area contributed by atoms with Crippen molar-refractivity contribution < 1.29 is 4.79 Å². The highest BCUT2D eigenvalue weighted by molar-refractivity contribution is 7.13. The number of Topliss-reactive ketones (excluding diaryl/α,β-unsaturated/α-hetero) is 1. The van der Waals surface area contributed by atoms with E-state index in [9.17, 15) is 4.79 Å². The third-order valence-corrected chi connectivity index (χ3v) is 4.99. The quantitative estimate of drug-likeness (QED) is 0.782. The smallest absolute Gasteiger partial charge is 0.171 e. The molecular weight excluding hydrogens is 270 g/mol. The van der Waals surface area contributed by atoms with Gasteiger partial charge in [0.2, 0.25) is 0 Å². The standard InChI is InChI=1S/C15H25N3OS/c1-5-17-6-8-18(9-7-17)10-13-16-14(11(2)3)15(20-13)12(4)19/h11H,5-10H2,1-4H3. The summed E-state index contributed by atoms with van der Waals surface area (Å²) in [6, 6.07) is 0. The van der Waals surface area contributed by atoms with Crippen molar-refractivity contribution in [3.05, 3.63) is 15.6 Å². The van der Waals surface area contributed by atoms with Crippen LogP contribution < -0.4 is 0 Å². The van der Waals surface area contributed by atoms with E-state index in [0.717, 1.165) is 54.8 Å². The molecule has 1 aromatic rings. The van der Waals surface area contributed by atoms with E-state index in [1.807, 2.05) is 0 Å². The van der Waals surface area contributed by atoms with Gasteiger partial charge in [-0.1, -0.05) is 20.8 Å². The van der Waals surface area contributed by atoms with Gasteiger partial charge in [-0.3, -0.25) is 9.69 Å². The van der Waals surface area contributed by atoms with Crippen molar-refractivity contribution in [3.8, 4) is 0 Å². The van der Waals surface area contributed by atoms with Gasteiger partial charge in [0.15, 0.2) is 5.78 Å². The Morgan fingerprint density at radius 3 is 2.30 bits per heavy atom. The third-order valence-electron chi connectivity index (χ3n) is 3.84. The van der Waals surface area contributed by atoms with E-state index in [4.69, 9.17) is 4.98 Å². The zero-order valence-electron chi connectivity index (χ0n) is 13.0. The lowest BCUT2D eigenvalue weighted by Crippen LogP contribution is -2.45. The Hall–Kier alpha value is -0.780. The highest BCUT2D eigenvalue weighted by atomic mass is 32.1. The molecule has 2 rings (SSSR count). The van der Waals surface area contributed by atoms with Gasteiger partial charge in [0, 0.05) is 33.1 Å². The number of piperazine rings is 1. The Morgan fingerprint density at radius 1 is 1.25 bits per heavy atom. The molecule has 0 spiro atoms. The summed E-state index contributed by atoms with van der Waals surface area (Å²) < 4.78 is 0. The third kappa shape index (κ3) is 3.65. The maximum absolute atomic E-state index is 11.7. The Labute approximate surface area is 125 Å². The largest absolute Gasteiger partial charge is 0.301 e. The molecule has 1 saturated heterocycles. The molecule has 0 radical (unpaired) electrons. The summed E-state index contributed by atoms with van der Waals surface area (Å²) in [5.41, 5.74) is 0.977. The van der Waals surface area contributed by atoms with Gasteiger partial charge in [-0.15, -0.1) is 11.3 Å². The molecule has 0 aliphatic carbocycles. The minimum absolute atomic E-state index is 0.147. The molecule has 1 fully saturated rings. The Kier molecular flexibility index (Phi) is 5.29. The van der Waals surface area contributed by atoms with E-state index in [2.05, 4.69) is 30.6 Å². The van der Waals surface area contributed by atoms with Crippen LogP contribution in [0.3, 0.4) is 0 Å². The summed E-state index contributed by atoms with van der Waals surface area (Å²) in [6.07, 6.45) is 0. The molecule has 20 heavy (non-hydrogen) atoms. The van der Waals surface area contributed by atoms with Crippen molar-refractivity contribution in [1.82, 2.24) is 14.8 Å². The monoisotopic (exact) mass is 295 g/mol. The molecule has 1 aromatic heterocycles. The minimum Gasteiger partial charge on any atom is -0.301 e. The number of carbonyl (C=O) groups is 1. The van der Waals surface area contributed by atoms with Crippen molar-refractivity contribution in [3.63, 3.8) is 0 Å². The molecule has 0 N–H and O–H groups in total. The number of ketones is 1. The van der Waals surface area contributed by atoms with Crippen LogP contribution in [0, 0.1) is 0 Å². The zero-order valence-corrected chi connectivity index (χ0v) is 13.8. The van der Waals surface area contributed by atoms with Crippen LogP contribution in [0.15, 0.2) is 0 Å². The fraction of sp³-hybridized carbons (Fsp3) is 0.733. The second-order valence-corrected chi connectivity index (χ2v) is 6.83. The van der Waals surface area contributed by atoms with Gasteiger partial charge >= 0.3 is 0 Å². The number of hydrogen-bond donors (Lipinski definition) is 0. The van der Waals surface area contributed by atoms with Gasteiger partial charge in [-0.05, 0) is 12.5 Å². The van der Waals surface area contributed by atoms with Gasteiger partial charge in [0.25, 0.3) is 0 Å². The zero-order chi connectivity index (χ0) is 14.7. The number of likely N-dealkylation sites (N-methyl/N-ethyl adjacent to an activating group) is 1. The van der Waals surface area contributed by atoms with Crippen LogP contribution in [0.4, 0.5) is 0 Å². The van der Waals surface area contributed by atoms with Crippen LogP contribution in [-0.2, 0) is 6.54 Å². The van der Waals surface area contributed by atoms with Crippen molar-refractivity contribution in [2.45, 2.75) is 40.2 Å². The summed E-state index contributed by atoms with van der Waals surface area (Å²) in [4.78, 5) is 22.2. The summed E-state index contributed by atoms with van der Waals surface area (Å²) in [5.74, 6) is 0.462. The first-order valence-electron chi connectivity index (χ1n) is 7.46. The molecule has 0 atom stereocenters. The molecule has 2 heterocycles. The normalized spacial score (nSPS) is 17.9. The Morgan fingerprint density at radius 2 is 1.85 bits per heavy atom. The second-order valence-electron chi connectivity index (χ2n) is 5.74. The van der Waals surface area contributed by atoms with Crippen LogP contribution in [-0.4, -0.2) is 53.3 Å². The van der Waals surface area contributed by atoms with Gasteiger partial charge in [0.05, 0.1) is 17.1 Å². The van der Waals surface area contributed by atoms with E-state index < -0.39 is 0 Å². The van der Waals surface area contributed by atoms with Gasteiger partial charge in [-0.2, -0.15) is 0 Å². The van der Waals surface area contributed by atoms with Gasteiger partial charge in [0.1, 0.15) is 5.01 Å². The highest BCUT2D eigenvalue weighted by Crippen LogP contribution is 2.26. The molecule has 0 bridgehead atoms. The molecule has 4 nitrogen and oxygen atoms in total. The van der Waals surface area contributed by atoms with Gasteiger partial charge < -0.3 is 4.90 Å². The fourth-order valence-electron chi connectivity index (χ4n) is 2.54. The maximum Gasteiger partial charge on any atom is 0.171 e. The predicted molar refractivity (Wildman–Crippen MR) is 83.6 cm³/mol.